The molecule has 3 heterocycles. The number of hydrogen-bond donors (Lipinski definition) is 1. The lowest BCUT2D eigenvalue weighted by molar-refractivity contribution is 0.0690. The molecule has 1 aliphatic heterocycles. The molecular weight excluding hydrogens is 260 g/mol. The first-order valence-electron chi connectivity index (χ1n) is 6.20. The van der Waals surface area contributed by atoms with Crippen LogP contribution in [0.3, 0.4) is 0 Å². The van der Waals surface area contributed by atoms with E-state index in [9.17, 15) is 4.79 Å². The van der Waals surface area contributed by atoms with Crippen LogP contribution < -0.4 is 4.90 Å². The number of pyridine rings is 1. The lowest BCUT2D eigenvalue weighted by Crippen LogP contribution is -2.33. The molecule has 0 saturated carbocycles. The smallest absolute Gasteiger partial charge is 0.354 e. The number of fused-ring (bicyclic) bond motifs is 1. The minimum atomic E-state index is -0.984. The zero-order valence-corrected chi connectivity index (χ0v) is 11.4. The largest absolute Gasteiger partial charge is 0.477 e. The van der Waals surface area contributed by atoms with E-state index in [2.05, 4.69) is 28.3 Å². The molecule has 0 aromatic carbocycles. The van der Waals surface area contributed by atoms with Crippen molar-refractivity contribution in [1.29, 1.82) is 0 Å². The van der Waals surface area contributed by atoms with Gasteiger partial charge < -0.3 is 10.0 Å². The fraction of sp³-hybridized carbons (Fsp3) is 0.286. The Bertz CT molecular complexity index is 623. The number of carboxylic acid groups (broad SMARTS) is 1. The standard InChI is InChI=1S/C14H14N2O2S/c1-9-10-6-8-19-12(10)5-7-16(9)13-4-2-3-11(15-13)14(17)18/h2-4,6,8-9H,5,7H2,1H3,(H,17,18). The maximum absolute atomic E-state index is 11.0. The Labute approximate surface area is 115 Å². The second-order valence-electron chi connectivity index (χ2n) is 4.60. The summed E-state index contributed by atoms with van der Waals surface area (Å²) in [5.41, 5.74) is 1.43. The molecule has 3 rings (SSSR count). The Kier molecular flexibility index (Phi) is 2.98. The van der Waals surface area contributed by atoms with E-state index in [4.69, 9.17) is 5.11 Å². The number of nitrogens with zero attached hydrogens (tertiary/aromatic N) is 2. The summed E-state index contributed by atoms with van der Waals surface area (Å²) < 4.78 is 0. The zero-order valence-electron chi connectivity index (χ0n) is 10.5. The van der Waals surface area contributed by atoms with E-state index >= 15 is 0 Å². The molecule has 0 radical (unpaired) electrons. The topological polar surface area (TPSA) is 53.4 Å². The van der Waals surface area contributed by atoms with Crippen LogP contribution in [0.15, 0.2) is 29.6 Å². The van der Waals surface area contributed by atoms with Crippen LogP contribution in [0.5, 0.6) is 0 Å². The molecule has 1 N–H and O–H groups in total. The van der Waals surface area contributed by atoms with Crippen LogP contribution >= 0.6 is 11.3 Å². The van der Waals surface area contributed by atoms with Gasteiger partial charge in [-0.05, 0) is 42.5 Å². The van der Waals surface area contributed by atoms with Gasteiger partial charge in [0.05, 0.1) is 6.04 Å². The number of aromatic nitrogens is 1. The second-order valence-corrected chi connectivity index (χ2v) is 5.61. The van der Waals surface area contributed by atoms with Gasteiger partial charge in [0.1, 0.15) is 5.82 Å². The first-order chi connectivity index (χ1) is 9.16. The van der Waals surface area contributed by atoms with Crippen LogP contribution in [-0.4, -0.2) is 22.6 Å². The molecule has 1 aliphatic rings. The van der Waals surface area contributed by atoms with Crippen molar-refractivity contribution >= 4 is 23.1 Å². The highest BCUT2D eigenvalue weighted by atomic mass is 32.1. The summed E-state index contributed by atoms with van der Waals surface area (Å²) in [7, 11) is 0. The maximum atomic E-state index is 11.0. The SMILES string of the molecule is CC1c2ccsc2CCN1c1cccc(C(=O)O)n1. The van der Waals surface area contributed by atoms with Crippen molar-refractivity contribution in [2.24, 2.45) is 0 Å². The van der Waals surface area contributed by atoms with E-state index in [1.807, 2.05) is 6.07 Å². The lowest BCUT2D eigenvalue weighted by atomic mass is 10.0. The molecular formula is C14H14N2O2S. The molecule has 0 saturated heterocycles. The Hall–Kier alpha value is -1.88. The molecule has 2 aromatic rings. The Morgan fingerprint density at radius 1 is 1.47 bits per heavy atom. The highest BCUT2D eigenvalue weighted by Crippen LogP contribution is 2.35. The van der Waals surface area contributed by atoms with Crippen molar-refractivity contribution in [3.05, 3.63) is 45.8 Å². The number of carboxylic acids is 1. The quantitative estimate of drug-likeness (QED) is 0.914. The van der Waals surface area contributed by atoms with Crippen molar-refractivity contribution in [3.63, 3.8) is 0 Å². The fourth-order valence-electron chi connectivity index (χ4n) is 2.52. The minimum Gasteiger partial charge on any atom is -0.477 e. The molecule has 0 bridgehead atoms. The van der Waals surface area contributed by atoms with Crippen LogP contribution in [0.2, 0.25) is 0 Å². The van der Waals surface area contributed by atoms with Gasteiger partial charge in [-0.2, -0.15) is 0 Å². The average Bonchev–Trinajstić information content (AvgIpc) is 2.88. The molecule has 19 heavy (non-hydrogen) atoms. The Morgan fingerprint density at radius 2 is 2.32 bits per heavy atom. The van der Waals surface area contributed by atoms with Gasteiger partial charge in [-0.15, -0.1) is 11.3 Å². The molecule has 5 heteroatoms. The van der Waals surface area contributed by atoms with E-state index in [-0.39, 0.29) is 11.7 Å². The number of aromatic carboxylic acids is 1. The summed E-state index contributed by atoms with van der Waals surface area (Å²) in [6, 6.07) is 7.54. The second kappa shape index (κ2) is 4.66. The summed E-state index contributed by atoms with van der Waals surface area (Å²) in [6.07, 6.45) is 0.996. The van der Waals surface area contributed by atoms with Gasteiger partial charge in [0, 0.05) is 11.4 Å². The molecule has 0 spiro atoms. The third-order valence-corrected chi connectivity index (χ3v) is 4.52. The van der Waals surface area contributed by atoms with Gasteiger partial charge in [-0.3, -0.25) is 0 Å². The van der Waals surface area contributed by atoms with Crippen molar-refractivity contribution in [2.45, 2.75) is 19.4 Å². The summed E-state index contributed by atoms with van der Waals surface area (Å²) in [5.74, 6) is -0.244. The lowest BCUT2D eigenvalue weighted by Gasteiger charge is -2.34. The van der Waals surface area contributed by atoms with E-state index < -0.39 is 5.97 Å². The third kappa shape index (κ3) is 2.10. The molecule has 1 unspecified atom stereocenters. The number of rotatable bonds is 2. The number of hydrogen-bond acceptors (Lipinski definition) is 4. The molecule has 0 fully saturated rings. The van der Waals surface area contributed by atoms with Gasteiger partial charge in [0.2, 0.25) is 0 Å². The van der Waals surface area contributed by atoms with Gasteiger partial charge in [0.15, 0.2) is 5.69 Å². The average molecular weight is 274 g/mol. The zero-order chi connectivity index (χ0) is 13.4. The highest BCUT2D eigenvalue weighted by molar-refractivity contribution is 7.10. The van der Waals surface area contributed by atoms with Crippen LogP contribution in [0.4, 0.5) is 5.82 Å². The first-order valence-corrected chi connectivity index (χ1v) is 7.08. The summed E-state index contributed by atoms with van der Waals surface area (Å²) in [6.45, 7) is 3.02. The molecule has 98 valence electrons. The van der Waals surface area contributed by atoms with Crippen LogP contribution in [0, 0.1) is 0 Å². The number of thiophene rings is 1. The number of anilines is 1. The normalized spacial score (nSPS) is 18.2. The van der Waals surface area contributed by atoms with Crippen LogP contribution in [-0.2, 0) is 6.42 Å². The first kappa shape index (κ1) is 12.2. The van der Waals surface area contributed by atoms with Crippen molar-refractivity contribution in [2.75, 3.05) is 11.4 Å². The summed E-state index contributed by atoms with van der Waals surface area (Å²) in [5, 5.41) is 11.1. The molecule has 1 atom stereocenters. The van der Waals surface area contributed by atoms with Gasteiger partial charge >= 0.3 is 5.97 Å². The van der Waals surface area contributed by atoms with Gasteiger partial charge in [0.25, 0.3) is 0 Å². The summed E-state index contributed by atoms with van der Waals surface area (Å²) in [4.78, 5) is 18.8. The van der Waals surface area contributed by atoms with E-state index in [0.717, 1.165) is 18.8 Å². The number of carbonyl (C=O) groups is 1. The summed E-state index contributed by atoms with van der Waals surface area (Å²) >= 11 is 1.79. The Morgan fingerprint density at radius 3 is 3.11 bits per heavy atom. The van der Waals surface area contributed by atoms with E-state index in [0.29, 0.717) is 0 Å². The van der Waals surface area contributed by atoms with Gasteiger partial charge in [-0.1, -0.05) is 6.07 Å². The maximum Gasteiger partial charge on any atom is 0.354 e. The van der Waals surface area contributed by atoms with Crippen molar-refractivity contribution in [3.8, 4) is 0 Å². The van der Waals surface area contributed by atoms with Gasteiger partial charge in [-0.25, -0.2) is 9.78 Å². The molecule has 0 amide bonds. The van der Waals surface area contributed by atoms with Crippen molar-refractivity contribution in [1.82, 2.24) is 4.98 Å². The predicted octanol–water partition coefficient (Wildman–Crippen LogP) is 2.97. The molecule has 4 nitrogen and oxygen atoms in total. The van der Waals surface area contributed by atoms with Crippen molar-refractivity contribution < 1.29 is 9.90 Å². The highest BCUT2D eigenvalue weighted by Gasteiger charge is 2.25. The van der Waals surface area contributed by atoms with Crippen LogP contribution in [0.25, 0.3) is 0 Å². The van der Waals surface area contributed by atoms with Crippen LogP contribution in [0.1, 0.15) is 33.9 Å². The monoisotopic (exact) mass is 274 g/mol. The predicted molar refractivity (Wildman–Crippen MR) is 75.0 cm³/mol. The Balaban J connectivity index is 1.95. The van der Waals surface area contributed by atoms with E-state index in [1.54, 1.807) is 17.4 Å². The molecule has 2 aromatic heterocycles. The minimum absolute atomic E-state index is 0.0980. The third-order valence-electron chi connectivity index (χ3n) is 3.53. The van der Waals surface area contributed by atoms with E-state index in [1.165, 1.54) is 16.5 Å². The fourth-order valence-corrected chi connectivity index (χ4v) is 3.49. The molecule has 0 aliphatic carbocycles.